The Kier molecular flexibility index (Phi) is 5.74. The molecule has 0 atom stereocenters. The van der Waals surface area contributed by atoms with Gasteiger partial charge < -0.3 is 14.8 Å². The van der Waals surface area contributed by atoms with Gasteiger partial charge in [0, 0.05) is 5.69 Å². The molecule has 0 saturated carbocycles. The Morgan fingerprint density at radius 3 is 2.22 bits per heavy atom. The van der Waals surface area contributed by atoms with Crippen LogP contribution < -0.4 is 10.1 Å². The Hall–Kier alpha value is -2.82. The van der Waals surface area contributed by atoms with E-state index in [1.807, 2.05) is 38.1 Å². The molecular formula is C18H19NO4. The monoisotopic (exact) mass is 313 g/mol. The summed E-state index contributed by atoms with van der Waals surface area (Å²) in [6, 6.07) is 14.7. The van der Waals surface area contributed by atoms with Crippen LogP contribution in [0, 0.1) is 13.8 Å². The van der Waals surface area contributed by atoms with Gasteiger partial charge in [0.25, 0.3) is 5.91 Å². The van der Waals surface area contributed by atoms with Crippen molar-refractivity contribution in [3.8, 4) is 5.75 Å². The number of rotatable bonds is 6. The number of esters is 1. The fraction of sp³-hybridized carbons (Fsp3) is 0.222. The van der Waals surface area contributed by atoms with Gasteiger partial charge >= 0.3 is 5.97 Å². The predicted molar refractivity (Wildman–Crippen MR) is 87.4 cm³/mol. The number of nitrogens with one attached hydrogen (secondary N) is 1. The molecular weight excluding hydrogens is 294 g/mol. The molecule has 1 amide bonds. The number of hydrogen-bond acceptors (Lipinski definition) is 4. The summed E-state index contributed by atoms with van der Waals surface area (Å²) in [6.45, 7) is 3.23. The van der Waals surface area contributed by atoms with Gasteiger partial charge in [-0.3, -0.25) is 4.79 Å². The molecule has 23 heavy (non-hydrogen) atoms. The minimum atomic E-state index is -0.592. The van der Waals surface area contributed by atoms with Crippen molar-refractivity contribution in [2.75, 3.05) is 18.5 Å². The van der Waals surface area contributed by atoms with Gasteiger partial charge in [0.1, 0.15) is 5.75 Å². The SMILES string of the molecule is Cc1cccc(C)c1NC(=O)COC(=O)COc1ccccc1. The van der Waals surface area contributed by atoms with E-state index in [1.165, 1.54) is 0 Å². The summed E-state index contributed by atoms with van der Waals surface area (Å²) >= 11 is 0. The van der Waals surface area contributed by atoms with Crippen molar-refractivity contribution < 1.29 is 19.1 Å². The number of anilines is 1. The van der Waals surface area contributed by atoms with E-state index in [-0.39, 0.29) is 19.1 Å². The van der Waals surface area contributed by atoms with E-state index in [0.29, 0.717) is 5.75 Å². The number of para-hydroxylation sites is 2. The fourth-order valence-electron chi connectivity index (χ4n) is 2.03. The van der Waals surface area contributed by atoms with Crippen molar-refractivity contribution in [1.82, 2.24) is 0 Å². The van der Waals surface area contributed by atoms with E-state index in [2.05, 4.69) is 5.32 Å². The lowest BCUT2D eigenvalue weighted by Crippen LogP contribution is -2.24. The highest BCUT2D eigenvalue weighted by atomic mass is 16.6. The van der Waals surface area contributed by atoms with Crippen LogP contribution in [0.4, 0.5) is 5.69 Å². The maximum Gasteiger partial charge on any atom is 0.344 e. The highest BCUT2D eigenvalue weighted by Gasteiger charge is 2.11. The van der Waals surface area contributed by atoms with E-state index in [1.54, 1.807) is 24.3 Å². The topological polar surface area (TPSA) is 64.6 Å². The molecule has 0 bridgehead atoms. The first-order valence-corrected chi connectivity index (χ1v) is 7.26. The third-order valence-corrected chi connectivity index (χ3v) is 3.21. The quantitative estimate of drug-likeness (QED) is 0.833. The lowest BCUT2D eigenvalue weighted by atomic mass is 10.1. The zero-order valence-corrected chi connectivity index (χ0v) is 13.2. The average molecular weight is 313 g/mol. The van der Waals surface area contributed by atoms with Gasteiger partial charge in [-0.25, -0.2) is 4.79 Å². The third-order valence-electron chi connectivity index (χ3n) is 3.21. The fourth-order valence-corrected chi connectivity index (χ4v) is 2.03. The lowest BCUT2D eigenvalue weighted by Gasteiger charge is -2.11. The number of carbonyl (C=O) groups is 2. The summed E-state index contributed by atoms with van der Waals surface area (Å²) in [4.78, 5) is 23.4. The third kappa shape index (κ3) is 5.14. The largest absolute Gasteiger partial charge is 0.482 e. The average Bonchev–Trinajstić information content (AvgIpc) is 2.55. The van der Waals surface area contributed by atoms with Crippen LogP contribution in [-0.4, -0.2) is 25.1 Å². The van der Waals surface area contributed by atoms with Crippen LogP contribution in [0.3, 0.4) is 0 Å². The standard InChI is InChI=1S/C18H19NO4/c1-13-7-6-8-14(2)18(13)19-16(20)11-23-17(21)12-22-15-9-4-3-5-10-15/h3-10H,11-12H2,1-2H3,(H,19,20). The van der Waals surface area contributed by atoms with E-state index in [0.717, 1.165) is 16.8 Å². The molecule has 2 aromatic carbocycles. The smallest absolute Gasteiger partial charge is 0.344 e. The molecule has 0 aliphatic rings. The first-order chi connectivity index (χ1) is 11.1. The van der Waals surface area contributed by atoms with Crippen LogP contribution in [0.1, 0.15) is 11.1 Å². The second-order valence-corrected chi connectivity index (χ2v) is 5.08. The summed E-state index contributed by atoms with van der Waals surface area (Å²) in [5.74, 6) is -0.398. The van der Waals surface area contributed by atoms with Gasteiger partial charge in [0.05, 0.1) is 0 Å². The zero-order chi connectivity index (χ0) is 16.7. The summed E-state index contributed by atoms with van der Waals surface area (Å²) in [6.07, 6.45) is 0. The molecule has 0 aliphatic carbocycles. The maximum absolute atomic E-state index is 11.9. The van der Waals surface area contributed by atoms with Gasteiger partial charge in [-0.05, 0) is 37.1 Å². The molecule has 5 nitrogen and oxygen atoms in total. The number of hydrogen-bond donors (Lipinski definition) is 1. The molecule has 0 saturated heterocycles. The van der Waals surface area contributed by atoms with Gasteiger partial charge in [-0.2, -0.15) is 0 Å². The number of aryl methyl sites for hydroxylation is 2. The number of amides is 1. The van der Waals surface area contributed by atoms with Crippen LogP contribution in [0.5, 0.6) is 5.75 Å². The summed E-state index contributed by atoms with van der Waals surface area (Å²) in [7, 11) is 0. The van der Waals surface area contributed by atoms with Gasteiger partial charge in [-0.1, -0.05) is 36.4 Å². The molecule has 0 heterocycles. The summed E-state index contributed by atoms with van der Waals surface area (Å²) < 4.78 is 10.2. The van der Waals surface area contributed by atoms with E-state index >= 15 is 0 Å². The van der Waals surface area contributed by atoms with Crippen LogP contribution in [0.15, 0.2) is 48.5 Å². The van der Waals surface area contributed by atoms with Crippen LogP contribution in [0.25, 0.3) is 0 Å². The number of benzene rings is 2. The number of ether oxygens (including phenoxy) is 2. The highest BCUT2D eigenvalue weighted by molar-refractivity contribution is 5.94. The highest BCUT2D eigenvalue weighted by Crippen LogP contribution is 2.19. The predicted octanol–water partition coefficient (Wildman–Crippen LogP) is 2.86. The molecule has 0 fully saturated rings. The first-order valence-electron chi connectivity index (χ1n) is 7.26. The molecule has 0 radical (unpaired) electrons. The summed E-state index contributed by atoms with van der Waals surface area (Å²) in [5, 5.41) is 2.75. The lowest BCUT2D eigenvalue weighted by molar-refractivity contribution is -0.149. The second kappa shape index (κ2) is 7.98. The van der Waals surface area contributed by atoms with Crippen molar-refractivity contribution in [1.29, 1.82) is 0 Å². The van der Waals surface area contributed by atoms with Crippen LogP contribution in [0.2, 0.25) is 0 Å². The van der Waals surface area contributed by atoms with E-state index in [4.69, 9.17) is 9.47 Å². The molecule has 0 spiro atoms. The molecule has 2 aromatic rings. The normalized spacial score (nSPS) is 10.0. The van der Waals surface area contributed by atoms with Gasteiger partial charge in [-0.15, -0.1) is 0 Å². The maximum atomic E-state index is 11.9. The molecule has 0 aliphatic heterocycles. The van der Waals surface area contributed by atoms with E-state index < -0.39 is 5.97 Å². The number of carbonyl (C=O) groups excluding carboxylic acids is 2. The first kappa shape index (κ1) is 16.5. The minimum Gasteiger partial charge on any atom is -0.482 e. The van der Waals surface area contributed by atoms with Gasteiger partial charge in [0.2, 0.25) is 0 Å². The molecule has 0 unspecified atom stereocenters. The molecule has 1 N–H and O–H groups in total. The van der Waals surface area contributed by atoms with Crippen molar-refractivity contribution in [3.63, 3.8) is 0 Å². The zero-order valence-electron chi connectivity index (χ0n) is 13.2. The second-order valence-electron chi connectivity index (χ2n) is 5.08. The van der Waals surface area contributed by atoms with Crippen molar-refractivity contribution in [3.05, 3.63) is 59.7 Å². The molecule has 5 heteroatoms. The van der Waals surface area contributed by atoms with Crippen LogP contribution in [-0.2, 0) is 14.3 Å². The summed E-state index contributed by atoms with van der Waals surface area (Å²) in [5.41, 5.74) is 2.66. The molecule has 120 valence electrons. The molecule has 2 rings (SSSR count). The Labute approximate surface area is 135 Å². The molecule has 0 aromatic heterocycles. The van der Waals surface area contributed by atoms with E-state index in [9.17, 15) is 9.59 Å². The Morgan fingerprint density at radius 1 is 0.913 bits per heavy atom. The Bertz CT molecular complexity index is 662. The van der Waals surface area contributed by atoms with Crippen LogP contribution >= 0.6 is 0 Å². The Balaban J connectivity index is 1.77. The Morgan fingerprint density at radius 2 is 1.57 bits per heavy atom. The van der Waals surface area contributed by atoms with Crippen molar-refractivity contribution >= 4 is 17.6 Å². The van der Waals surface area contributed by atoms with Gasteiger partial charge in [0.15, 0.2) is 13.2 Å². The minimum absolute atomic E-state index is 0.235. The van der Waals surface area contributed by atoms with Crippen molar-refractivity contribution in [2.45, 2.75) is 13.8 Å². The van der Waals surface area contributed by atoms with Crippen molar-refractivity contribution in [2.24, 2.45) is 0 Å².